The van der Waals surface area contributed by atoms with Crippen molar-refractivity contribution in [2.75, 3.05) is 6.79 Å². The van der Waals surface area contributed by atoms with Gasteiger partial charge in [-0.3, -0.25) is 20.4 Å². The van der Waals surface area contributed by atoms with Crippen molar-refractivity contribution in [3.63, 3.8) is 0 Å². The largest absolute Gasteiger partial charge is 0.466 e. The topological polar surface area (TPSA) is 89.8 Å². The van der Waals surface area contributed by atoms with E-state index in [1.165, 1.54) is 6.08 Å². The Morgan fingerprint density at radius 3 is 2.62 bits per heavy atom. The first-order valence-corrected chi connectivity index (χ1v) is 7.28. The molecule has 0 radical (unpaired) electrons. The highest BCUT2D eigenvalue weighted by molar-refractivity contribution is 5.98. The van der Waals surface area contributed by atoms with Gasteiger partial charge < -0.3 is 13.9 Å². The lowest BCUT2D eigenvalue weighted by atomic mass is 10.2. The van der Waals surface area contributed by atoms with Gasteiger partial charge in [-0.25, -0.2) is 0 Å². The van der Waals surface area contributed by atoms with Gasteiger partial charge in [0.1, 0.15) is 11.5 Å². The Bertz CT molecular complexity index is 822. The highest BCUT2D eigenvalue weighted by atomic mass is 16.7. The predicted octanol–water partition coefficient (Wildman–Crippen LogP) is 2.10. The smallest absolute Gasteiger partial charge is 0.273 e. The molecular formula is C17H16N2O5. The van der Waals surface area contributed by atoms with Crippen LogP contribution in [0.1, 0.15) is 27.4 Å². The lowest BCUT2D eigenvalue weighted by Crippen LogP contribution is -2.40. The molecule has 2 amide bonds. The summed E-state index contributed by atoms with van der Waals surface area (Å²) in [6.07, 6.45) is 2.92. The van der Waals surface area contributed by atoms with Gasteiger partial charge in [0.2, 0.25) is 6.79 Å². The minimum absolute atomic E-state index is 0.196. The van der Waals surface area contributed by atoms with Gasteiger partial charge in [0.25, 0.3) is 11.8 Å². The molecule has 24 heavy (non-hydrogen) atoms. The maximum absolute atomic E-state index is 11.9. The Balaban J connectivity index is 1.55. The molecule has 0 aliphatic carbocycles. The first kappa shape index (κ1) is 15.7. The number of benzene rings is 1. The van der Waals surface area contributed by atoms with E-state index in [4.69, 9.17) is 13.9 Å². The van der Waals surface area contributed by atoms with Crippen LogP contribution >= 0.6 is 0 Å². The van der Waals surface area contributed by atoms with Crippen LogP contribution in [0.2, 0.25) is 0 Å². The first-order chi connectivity index (χ1) is 11.5. The molecule has 124 valence electrons. The predicted molar refractivity (Wildman–Crippen MR) is 85.4 cm³/mol. The lowest BCUT2D eigenvalue weighted by Gasteiger charge is -2.04. The second kappa shape index (κ2) is 6.49. The van der Waals surface area contributed by atoms with E-state index in [-0.39, 0.29) is 6.79 Å². The summed E-state index contributed by atoms with van der Waals surface area (Å²) < 4.78 is 15.8. The first-order valence-electron chi connectivity index (χ1n) is 7.28. The van der Waals surface area contributed by atoms with E-state index < -0.39 is 11.8 Å². The van der Waals surface area contributed by atoms with Crippen molar-refractivity contribution in [1.29, 1.82) is 0 Å². The highest BCUT2D eigenvalue weighted by Gasteiger charge is 2.14. The summed E-state index contributed by atoms with van der Waals surface area (Å²) in [4.78, 5) is 23.7. The van der Waals surface area contributed by atoms with Crippen LogP contribution in [0, 0.1) is 13.8 Å². The number of furan rings is 1. The van der Waals surface area contributed by atoms with Crippen molar-refractivity contribution in [3.05, 3.63) is 53.0 Å². The van der Waals surface area contributed by atoms with Crippen molar-refractivity contribution in [2.45, 2.75) is 13.8 Å². The van der Waals surface area contributed by atoms with E-state index in [0.29, 0.717) is 28.6 Å². The molecule has 0 bridgehead atoms. The fourth-order valence-electron chi connectivity index (χ4n) is 2.27. The van der Waals surface area contributed by atoms with Crippen LogP contribution in [0.3, 0.4) is 0 Å². The van der Waals surface area contributed by atoms with Crippen LogP contribution in [0.4, 0.5) is 0 Å². The number of ether oxygens (including phenoxy) is 2. The van der Waals surface area contributed by atoms with E-state index in [0.717, 1.165) is 5.56 Å². The van der Waals surface area contributed by atoms with Gasteiger partial charge in [-0.2, -0.15) is 0 Å². The molecule has 0 saturated heterocycles. The summed E-state index contributed by atoms with van der Waals surface area (Å²) in [5.41, 5.74) is 5.82. The van der Waals surface area contributed by atoms with Crippen LogP contribution < -0.4 is 20.3 Å². The molecule has 1 aliphatic rings. The molecule has 0 unspecified atom stereocenters. The summed E-state index contributed by atoms with van der Waals surface area (Å²) in [6.45, 7) is 3.63. The third kappa shape index (κ3) is 3.40. The Labute approximate surface area is 138 Å². The third-order valence-corrected chi connectivity index (χ3v) is 3.41. The maximum Gasteiger partial charge on any atom is 0.273 e. The minimum Gasteiger partial charge on any atom is -0.466 e. The second-order valence-electron chi connectivity index (χ2n) is 5.22. The quantitative estimate of drug-likeness (QED) is 0.665. The number of aryl methyl sites for hydroxylation is 2. The zero-order chi connectivity index (χ0) is 17.1. The number of amides is 2. The highest BCUT2D eigenvalue weighted by Crippen LogP contribution is 2.32. The molecular weight excluding hydrogens is 312 g/mol. The molecule has 2 aromatic rings. The van der Waals surface area contributed by atoms with Gasteiger partial charge in [0.15, 0.2) is 11.5 Å². The lowest BCUT2D eigenvalue weighted by molar-refractivity contribution is -0.117. The average molecular weight is 328 g/mol. The number of nitrogens with one attached hydrogen (secondary N) is 2. The summed E-state index contributed by atoms with van der Waals surface area (Å²) in [7, 11) is 0. The normalized spacial score (nSPS) is 12.4. The molecule has 1 aromatic heterocycles. The molecule has 1 aromatic carbocycles. The van der Waals surface area contributed by atoms with Gasteiger partial charge in [-0.1, -0.05) is 6.07 Å². The van der Waals surface area contributed by atoms with Crippen molar-refractivity contribution in [3.8, 4) is 11.5 Å². The van der Waals surface area contributed by atoms with Crippen molar-refractivity contribution >= 4 is 17.9 Å². The molecule has 0 fully saturated rings. The van der Waals surface area contributed by atoms with E-state index in [2.05, 4.69) is 10.9 Å². The van der Waals surface area contributed by atoms with E-state index in [1.807, 2.05) is 0 Å². The zero-order valence-electron chi connectivity index (χ0n) is 13.2. The van der Waals surface area contributed by atoms with Crippen LogP contribution in [0.15, 0.2) is 34.8 Å². The molecule has 2 heterocycles. The van der Waals surface area contributed by atoms with Gasteiger partial charge in [-0.05, 0) is 43.7 Å². The number of hydrogen-bond donors (Lipinski definition) is 2. The molecule has 7 nitrogen and oxygen atoms in total. The fraction of sp³-hybridized carbons (Fsp3) is 0.176. The maximum atomic E-state index is 11.9. The molecule has 0 spiro atoms. The van der Waals surface area contributed by atoms with E-state index in [1.54, 1.807) is 44.2 Å². The summed E-state index contributed by atoms with van der Waals surface area (Å²) in [6, 6.07) is 6.95. The second-order valence-corrected chi connectivity index (χ2v) is 5.22. The summed E-state index contributed by atoms with van der Waals surface area (Å²) >= 11 is 0. The number of carbonyl (C=O) groups is 2. The Kier molecular flexibility index (Phi) is 4.24. The molecule has 0 saturated carbocycles. The number of hydrogen-bond acceptors (Lipinski definition) is 5. The number of carbonyl (C=O) groups excluding carboxylic acids is 2. The van der Waals surface area contributed by atoms with Gasteiger partial charge >= 0.3 is 0 Å². The molecule has 0 atom stereocenters. The number of rotatable bonds is 3. The van der Waals surface area contributed by atoms with Crippen LogP contribution in [0.5, 0.6) is 11.5 Å². The SMILES string of the molecule is Cc1cc(C(=O)NNC(=O)/C=C/c2ccc3c(c2)OCO3)c(C)o1. The minimum atomic E-state index is -0.459. The fourth-order valence-corrected chi connectivity index (χ4v) is 2.27. The standard InChI is InChI=1S/C17H16N2O5/c1-10-7-13(11(2)24-10)17(21)19-18-16(20)6-4-12-3-5-14-15(8-12)23-9-22-14/h3-8H,9H2,1-2H3,(H,18,20)(H,19,21)/b6-4+. The van der Waals surface area contributed by atoms with E-state index in [9.17, 15) is 9.59 Å². The van der Waals surface area contributed by atoms with Crippen molar-refractivity contribution in [1.82, 2.24) is 10.9 Å². The molecule has 3 rings (SSSR count). The van der Waals surface area contributed by atoms with Crippen LogP contribution in [-0.2, 0) is 4.79 Å². The molecule has 1 aliphatic heterocycles. The van der Waals surface area contributed by atoms with Crippen LogP contribution in [-0.4, -0.2) is 18.6 Å². The third-order valence-electron chi connectivity index (χ3n) is 3.41. The average Bonchev–Trinajstić information content (AvgIpc) is 3.15. The van der Waals surface area contributed by atoms with Crippen molar-refractivity contribution in [2.24, 2.45) is 0 Å². The van der Waals surface area contributed by atoms with Crippen molar-refractivity contribution < 1.29 is 23.5 Å². The van der Waals surface area contributed by atoms with Gasteiger partial charge in [0, 0.05) is 6.08 Å². The van der Waals surface area contributed by atoms with Gasteiger partial charge in [-0.15, -0.1) is 0 Å². The molecule has 2 N–H and O–H groups in total. The summed E-state index contributed by atoms with van der Waals surface area (Å²) in [5.74, 6) is 1.54. The van der Waals surface area contributed by atoms with E-state index >= 15 is 0 Å². The Morgan fingerprint density at radius 1 is 1.08 bits per heavy atom. The monoisotopic (exact) mass is 328 g/mol. The molecule has 7 heteroatoms. The number of hydrazine groups is 1. The van der Waals surface area contributed by atoms with Crippen LogP contribution in [0.25, 0.3) is 6.08 Å². The summed E-state index contributed by atoms with van der Waals surface area (Å²) in [5, 5.41) is 0. The number of fused-ring (bicyclic) bond motifs is 1. The Morgan fingerprint density at radius 2 is 1.88 bits per heavy atom. The Hall–Kier alpha value is -3.22. The zero-order valence-corrected chi connectivity index (χ0v) is 13.2. The van der Waals surface area contributed by atoms with Gasteiger partial charge in [0.05, 0.1) is 5.56 Å².